The molecule has 0 aliphatic carbocycles. The molecule has 1 atom stereocenters. The fourth-order valence-corrected chi connectivity index (χ4v) is 3.44. The molecule has 1 aliphatic rings. The highest BCUT2D eigenvalue weighted by Gasteiger charge is 2.26. The Labute approximate surface area is 153 Å². The third kappa shape index (κ3) is 4.71. The van der Waals surface area contributed by atoms with Crippen molar-refractivity contribution in [3.05, 3.63) is 53.9 Å². The number of methoxy groups -OCH3 is 1. The summed E-state index contributed by atoms with van der Waals surface area (Å²) < 4.78 is 6.58. The standard InChI is InChI=1S/C20H25N3O3/c1-26-20(25)18-7-5-16(6-8-18)14-17-9-13-22(15-17)19(24)4-2-11-23-12-3-10-21-23/h3,5-8,10,12,17H,2,4,9,11,13-15H2,1H3. The third-order valence-corrected chi connectivity index (χ3v) is 4.88. The highest BCUT2D eigenvalue weighted by Crippen LogP contribution is 2.22. The van der Waals surface area contributed by atoms with Crippen LogP contribution in [0.4, 0.5) is 0 Å². The molecule has 1 aromatic heterocycles. The van der Waals surface area contributed by atoms with E-state index < -0.39 is 0 Å². The number of nitrogens with zero attached hydrogens (tertiary/aromatic N) is 3. The number of ether oxygens (including phenoxy) is 1. The molecule has 2 heterocycles. The number of hydrogen-bond donors (Lipinski definition) is 0. The minimum Gasteiger partial charge on any atom is -0.465 e. The first-order chi connectivity index (χ1) is 12.7. The molecule has 0 saturated carbocycles. The molecule has 1 aromatic carbocycles. The summed E-state index contributed by atoms with van der Waals surface area (Å²) >= 11 is 0. The van der Waals surface area contributed by atoms with E-state index in [9.17, 15) is 9.59 Å². The van der Waals surface area contributed by atoms with Crippen molar-refractivity contribution in [1.82, 2.24) is 14.7 Å². The zero-order valence-electron chi connectivity index (χ0n) is 15.1. The molecule has 0 N–H and O–H groups in total. The zero-order valence-corrected chi connectivity index (χ0v) is 15.1. The molecule has 138 valence electrons. The predicted molar refractivity (Wildman–Crippen MR) is 97.6 cm³/mol. The van der Waals surface area contributed by atoms with Gasteiger partial charge in [-0.15, -0.1) is 0 Å². The quantitative estimate of drug-likeness (QED) is 0.716. The zero-order chi connectivity index (χ0) is 18.4. The van der Waals surface area contributed by atoms with E-state index in [-0.39, 0.29) is 11.9 Å². The molecular formula is C20H25N3O3. The van der Waals surface area contributed by atoms with Crippen molar-refractivity contribution >= 4 is 11.9 Å². The third-order valence-electron chi connectivity index (χ3n) is 4.88. The Hall–Kier alpha value is -2.63. The molecule has 6 heteroatoms. The summed E-state index contributed by atoms with van der Waals surface area (Å²) in [5.74, 6) is 0.402. The monoisotopic (exact) mass is 355 g/mol. The van der Waals surface area contributed by atoms with Gasteiger partial charge in [0, 0.05) is 38.4 Å². The SMILES string of the molecule is COC(=O)c1ccc(CC2CCN(C(=O)CCCn3cccn3)C2)cc1. The molecule has 1 amide bonds. The molecule has 0 radical (unpaired) electrons. The number of carbonyl (C=O) groups excluding carboxylic acids is 2. The van der Waals surface area contributed by atoms with E-state index in [0.29, 0.717) is 17.9 Å². The van der Waals surface area contributed by atoms with Crippen LogP contribution in [-0.4, -0.2) is 46.8 Å². The lowest BCUT2D eigenvalue weighted by Gasteiger charge is -2.16. The smallest absolute Gasteiger partial charge is 0.337 e. The van der Waals surface area contributed by atoms with Gasteiger partial charge in [-0.25, -0.2) is 4.79 Å². The summed E-state index contributed by atoms with van der Waals surface area (Å²) in [4.78, 5) is 25.8. The van der Waals surface area contributed by atoms with Crippen LogP contribution in [0.5, 0.6) is 0 Å². The number of likely N-dealkylation sites (tertiary alicyclic amines) is 1. The summed E-state index contributed by atoms with van der Waals surface area (Å²) in [5, 5.41) is 4.15. The van der Waals surface area contributed by atoms with Crippen LogP contribution in [0.25, 0.3) is 0 Å². The summed E-state index contributed by atoms with van der Waals surface area (Å²) in [7, 11) is 1.38. The van der Waals surface area contributed by atoms with Crippen LogP contribution in [0.15, 0.2) is 42.7 Å². The minimum atomic E-state index is -0.315. The van der Waals surface area contributed by atoms with E-state index in [1.807, 2.05) is 34.0 Å². The van der Waals surface area contributed by atoms with Crippen molar-refractivity contribution in [3.8, 4) is 0 Å². The van der Waals surface area contributed by atoms with E-state index in [4.69, 9.17) is 4.74 Å². The fraction of sp³-hybridized carbons (Fsp3) is 0.450. The van der Waals surface area contributed by atoms with Gasteiger partial charge in [-0.3, -0.25) is 9.48 Å². The number of benzene rings is 1. The lowest BCUT2D eigenvalue weighted by molar-refractivity contribution is -0.130. The normalized spacial score (nSPS) is 16.7. The highest BCUT2D eigenvalue weighted by molar-refractivity contribution is 5.89. The van der Waals surface area contributed by atoms with Crippen LogP contribution in [0.1, 0.15) is 35.2 Å². The summed E-state index contributed by atoms with van der Waals surface area (Å²) in [6.45, 7) is 2.44. The van der Waals surface area contributed by atoms with Crippen molar-refractivity contribution in [2.75, 3.05) is 20.2 Å². The average molecular weight is 355 g/mol. The van der Waals surface area contributed by atoms with Crippen LogP contribution in [0.2, 0.25) is 0 Å². The maximum Gasteiger partial charge on any atom is 0.337 e. The number of aryl methyl sites for hydroxylation is 1. The van der Waals surface area contributed by atoms with E-state index in [1.54, 1.807) is 18.3 Å². The van der Waals surface area contributed by atoms with Crippen LogP contribution >= 0.6 is 0 Å². The highest BCUT2D eigenvalue weighted by atomic mass is 16.5. The Balaban J connectivity index is 1.43. The Kier molecular flexibility index (Phi) is 6.04. The lowest BCUT2D eigenvalue weighted by atomic mass is 9.98. The Morgan fingerprint density at radius 1 is 1.27 bits per heavy atom. The van der Waals surface area contributed by atoms with E-state index in [1.165, 1.54) is 12.7 Å². The molecule has 6 nitrogen and oxygen atoms in total. The number of hydrogen-bond acceptors (Lipinski definition) is 4. The Morgan fingerprint density at radius 3 is 2.77 bits per heavy atom. The van der Waals surface area contributed by atoms with Gasteiger partial charge in [-0.2, -0.15) is 5.10 Å². The molecule has 1 unspecified atom stereocenters. The number of rotatable bonds is 7. The number of esters is 1. The molecule has 2 aromatic rings. The topological polar surface area (TPSA) is 64.4 Å². The minimum absolute atomic E-state index is 0.237. The van der Waals surface area contributed by atoms with E-state index in [0.717, 1.165) is 38.9 Å². The van der Waals surface area contributed by atoms with Crippen molar-refractivity contribution < 1.29 is 14.3 Å². The molecule has 1 fully saturated rings. The number of aromatic nitrogens is 2. The van der Waals surface area contributed by atoms with Gasteiger partial charge < -0.3 is 9.64 Å². The summed E-state index contributed by atoms with van der Waals surface area (Å²) in [6, 6.07) is 9.44. The van der Waals surface area contributed by atoms with Gasteiger partial charge in [-0.1, -0.05) is 12.1 Å². The molecule has 0 spiro atoms. The fourth-order valence-electron chi connectivity index (χ4n) is 3.44. The van der Waals surface area contributed by atoms with E-state index in [2.05, 4.69) is 5.10 Å². The molecule has 1 aliphatic heterocycles. The number of carbonyl (C=O) groups is 2. The van der Waals surface area contributed by atoms with Gasteiger partial charge in [0.25, 0.3) is 0 Å². The van der Waals surface area contributed by atoms with Crippen LogP contribution in [0, 0.1) is 5.92 Å². The van der Waals surface area contributed by atoms with Crippen molar-refractivity contribution in [2.45, 2.75) is 32.2 Å². The van der Waals surface area contributed by atoms with Gasteiger partial charge in [0.05, 0.1) is 12.7 Å². The van der Waals surface area contributed by atoms with Gasteiger partial charge >= 0.3 is 5.97 Å². The molecule has 0 bridgehead atoms. The first-order valence-electron chi connectivity index (χ1n) is 9.08. The second kappa shape index (κ2) is 8.65. The average Bonchev–Trinajstić information content (AvgIpc) is 3.34. The van der Waals surface area contributed by atoms with Crippen molar-refractivity contribution in [3.63, 3.8) is 0 Å². The Bertz CT molecular complexity index is 725. The maximum atomic E-state index is 12.4. The Morgan fingerprint density at radius 2 is 2.08 bits per heavy atom. The number of amides is 1. The lowest BCUT2D eigenvalue weighted by Crippen LogP contribution is -2.28. The first kappa shape index (κ1) is 18.2. The first-order valence-corrected chi connectivity index (χ1v) is 9.08. The van der Waals surface area contributed by atoms with Gasteiger partial charge in [-0.05, 0) is 48.9 Å². The van der Waals surface area contributed by atoms with Gasteiger partial charge in [0.15, 0.2) is 0 Å². The van der Waals surface area contributed by atoms with Crippen molar-refractivity contribution in [2.24, 2.45) is 5.92 Å². The summed E-state index contributed by atoms with van der Waals surface area (Å²) in [5.41, 5.74) is 1.76. The predicted octanol–water partition coefficient (Wildman–Crippen LogP) is 2.54. The largest absolute Gasteiger partial charge is 0.465 e. The van der Waals surface area contributed by atoms with Crippen LogP contribution in [-0.2, 0) is 22.5 Å². The van der Waals surface area contributed by atoms with Crippen LogP contribution < -0.4 is 0 Å². The second-order valence-electron chi connectivity index (χ2n) is 6.76. The second-order valence-corrected chi connectivity index (χ2v) is 6.76. The van der Waals surface area contributed by atoms with Crippen LogP contribution in [0.3, 0.4) is 0 Å². The maximum absolute atomic E-state index is 12.4. The molecular weight excluding hydrogens is 330 g/mol. The molecule has 1 saturated heterocycles. The molecule has 3 rings (SSSR count). The van der Waals surface area contributed by atoms with Crippen molar-refractivity contribution in [1.29, 1.82) is 0 Å². The van der Waals surface area contributed by atoms with Gasteiger partial charge in [0.1, 0.15) is 0 Å². The van der Waals surface area contributed by atoms with Gasteiger partial charge in [0.2, 0.25) is 5.91 Å². The van der Waals surface area contributed by atoms with E-state index >= 15 is 0 Å². The summed E-state index contributed by atoms with van der Waals surface area (Å²) in [6.07, 6.45) is 7.02. The molecule has 26 heavy (non-hydrogen) atoms.